The van der Waals surface area contributed by atoms with Crippen molar-refractivity contribution in [3.63, 3.8) is 0 Å². The second-order valence-electron chi connectivity index (χ2n) is 4.08. The van der Waals surface area contributed by atoms with Crippen molar-refractivity contribution in [3.05, 3.63) is 30.3 Å². The van der Waals surface area contributed by atoms with Crippen molar-refractivity contribution >= 4 is 24.2 Å². The van der Waals surface area contributed by atoms with Crippen LogP contribution in [-0.4, -0.2) is 50.5 Å². The Balaban J connectivity index is 0.00000200. The average Bonchev–Trinajstić information content (AvgIpc) is 2.93. The van der Waals surface area contributed by atoms with Crippen molar-refractivity contribution in [2.45, 2.75) is 19.0 Å². The molecule has 0 fully saturated rings. The maximum absolute atomic E-state index is 4.09. The first-order valence-electron chi connectivity index (χ1n) is 6.54. The SMILES string of the molecule is CCN(CC)CCSc1nnnn1-c1ccccc1.Cl. The van der Waals surface area contributed by atoms with Crippen LogP contribution in [0.15, 0.2) is 35.5 Å². The van der Waals surface area contributed by atoms with E-state index in [-0.39, 0.29) is 12.4 Å². The minimum Gasteiger partial charge on any atom is -0.303 e. The summed E-state index contributed by atoms with van der Waals surface area (Å²) >= 11 is 1.69. The second-order valence-corrected chi connectivity index (χ2v) is 5.15. The number of thioether (sulfide) groups is 1. The van der Waals surface area contributed by atoms with E-state index in [0.29, 0.717) is 0 Å². The fourth-order valence-electron chi connectivity index (χ4n) is 1.81. The number of halogens is 1. The highest BCUT2D eigenvalue weighted by molar-refractivity contribution is 7.99. The summed E-state index contributed by atoms with van der Waals surface area (Å²) in [5, 5.41) is 12.7. The Morgan fingerprint density at radius 2 is 1.85 bits per heavy atom. The minimum atomic E-state index is 0. The van der Waals surface area contributed by atoms with Crippen molar-refractivity contribution in [3.8, 4) is 5.69 Å². The normalized spacial score (nSPS) is 10.6. The molecular formula is C13H20ClN5S. The molecule has 0 amide bonds. The molecule has 2 aromatic rings. The van der Waals surface area contributed by atoms with E-state index in [1.165, 1.54) is 0 Å². The van der Waals surface area contributed by atoms with E-state index in [0.717, 1.165) is 36.2 Å². The van der Waals surface area contributed by atoms with Crippen molar-refractivity contribution < 1.29 is 0 Å². The van der Waals surface area contributed by atoms with Crippen molar-refractivity contribution in [2.75, 3.05) is 25.4 Å². The molecule has 0 spiro atoms. The van der Waals surface area contributed by atoms with E-state index < -0.39 is 0 Å². The first-order chi connectivity index (χ1) is 9.35. The van der Waals surface area contributed by atoms with Crippen molar-refractivity contribution in [1.29, 1.82) is 0 Å². The van der Waals surface area contributed by atoms with E-state index in [4.69, 9.17) is 0 Å². The van der Waals surface area contributed by atoms with Crippen LogP contribution in [0.5, 0.6) is 0 Å². The number of hydrogen-bond acceptors (Lipinski definition) is 5. The minimum absolute atomic E-state index is 0. The van der Waals surface area contributed by atoms with Gasteiger partial charge < -0.3 is 4.90 Å². The monoisotopic (exact) mass is 313 g/mol. The summed E-state index contributed by atoms with van der Waals surface area (Å²) in [6, 6.07) is 9.97. The van der Waals surface area contributed by atoms with Gasteiger partial charge in [0.2, 0.25) is 5.16 Å². The third kappa shape index (κ3) is 4.47. The molecule has 0 radical (unpaired) electrons. The summed E-state index contributed by atoms with van der Waals surface area (Å²) < 4.78 is 1.78. The maximum atomic E-state index is 4.09. The van der Waals surface area contributed by atoms with Gasteiger partial charge in [0.1, 0.15) is 0 Å². The number of aromatic nitrogens is 4. The molecule has 7 heteroatoms. The van der Waals surface area contributed by atoms with Crippen LogP contribution in [0.2, 0.25) is 0 Å². The zero-order valence-electron chi connectivity index (χ0n) is 11.8. The Morgan fingerprint density at radius 3 is 2.50 bits per heavy atom. The van der Waals surface area contributed by atoms with Gasteiger partial charge in [-0.25, -0.2) is 0 Å². The van der Waals surface area contributed by atoms with Gasteiger partial charge >= 0.3 is 0 Å². The van der Waals surface area contributed by atoms with E-state index in [2.05, 4.69) is 34.3 Å². The van der Waals surface area contributed by atoms with Crippen LogP contribution in [0.25, 0.3) is 5.69 Å². The van der Waals surface area contributed by atoms with Gasteiger partial charge in [0.25, 0.3) is 0 Å². The molecule has 1 heterocycles. The molecule has 1 aromatic heterocycles. The zero-order chi connectivity index (χ0) is 13.5. The van der Waals surface area contributed by atoms with Crippen LogP contribution in [0.4, 0.5) is 0 Å². The van der Waals surface area contributed by atoms with Crippen LogP contribution in [0, 0.1) is 0 Å². The molecule has 1 aromatic carbocycles. The summed E-state index contributed by atoms with van der Waals surface area (Å²) in [6.07, 6.45) is 0. The lowest BCUT2D eigenvalue weighted by Crippen LogP contribution is -2.25. The molecule has 2 rings (SSSR count). The van der Waals surface area contributed by atoms with Crippen LogP contribution in [0.1, 0.15) is 13.8 Å². The molecule has 20 heavy (non-hydrogen) atoms. The van der Waals surface area contributed by atoms with Gasteiger partial charge in [0.15, 0.2) is 0 Å². The number of para-hydroxylation sites is 1. The summed E-state index contributed by atoms with van der Waals surface area (Å²) in [6.45, 7) is 7.59. The van der Waals surface area contributed by atoms with Gasteiger partial charge in [-0.1, -0.05) is 43.8 Å². The summed E-state index contributed by atoms with van der Waals surface area (Å²) in [4.78, 5) is 2.39. The van der Waals surface area contributed by atoms with Crippen LogP contribution in [-0.2, 0) is 0 Å². The summed E-state index contributed by atoms with van der Waals surface area (Å²) in [5.41, 5.74) is 0.998. The second kappa shape index (κ2) is 8.94. The highest BCUT2D eigenvalue weighted by atomic mass is 35.5. The van der Waals surface area contributed by atoms with Gasteiger partial charge in [-0.2, -0.15) is 4.68 Å². The van der Waals surface area contributed by atoms with E-state index in [9.17, 15) is 0 Å². The van der Waals surface area contributed by atoms with Gasteiger partial charge in [-0.15, -0.1) is 17.5 Å². The topological polar surface area (TPSA) is 46.8 Å². The molecule has 0 saturated heterocycles. The van der Waals surface area contributed by atoms with Crippen molar-refractivity contribution in [2.24, 2.45) is 0 Å². The Hall–Kier alpha value is -1.11. The van der Waals surface area contributed by atoms with Crippen LogP contribution in [0.3, 0.4) is 0 Å². The third-order valence-corrected chi connectivity index (χ3v) is 3.87. The number of tetrazole rings is 1. The molecule has 0 atom stereocenters. The average molecular weight is 314 g/mol. The summed E-state index contributed by atoms with van der Waals surface area (Å²) in [7, 11) is 0. The molecule has 0 aliphatic carbocycles. The van der Waals surface area contributed by atoms with E-state index in [1.807, 2.05) is 30.3 Å². The van der Waals surface area contributed by atoms with E-state index >= 15 is 0 Å². The Labute approximate surface area is 130 Å². The molecule has 0 unspecified atom stereocenters. The Morgan fingerprint density at radius 1 is 1.15 bits per heavy atom. The smallest absolute Gasteiger partial charge is 0.214 e. The first-order valence-corrected chi connectivity index (χ1v) is 7.52. The highest BCUT2D eigenvalue weighted by Crippen LogP contribution is 2.17. The predicted octanol–water partition coefficient (Wildman–Crippen LogP) is 2.52. The number of rotatable bonds is 7. The standard InChI is InChI=1S/C13H19N5S.ClH/c1-3-17(4-2)10-11-19-13-14-15-16-18(13)12-8-6-5-7-9-12;/h5-9H,3-4,10-11H2,1-2H3;1H. The van der Waals surface area contributed by atoms with E-state index in [1.54, 1.807) is 16.4 Å². The molecule has 0 bridgehead atoms. The predicted molar refractivity (Wildman–Crippen MR) is 84.9 cm³/mol. The number of nitrogens with zero attached hydrogens (tertiary/aromatic N) is 5. The molecule has 0 saturated carbocycles. The fraction of sp³-hybridized carbons (Fsp3) is 0.462. The fourth-order valence-corrected chi connectivity index (χ4v) is 2.70. The lowest BCUT2D eigenvalue weighted by atomic mass is 10.3. The van der Waals surface area contributed by atoms with Gasteiger partial charge in [0, 0.05) is 12.3 Å². The molecular weight excluding hydrogens is 294 g/mol. The lowest BCUT2D eigenvalue weighted by Gasteiger charge is -2.16. The van der Waals surface area contributed by atoms with Crippen LogP contribution < -0.4 is 0 Å². The van der Waals surface area contributed by atoms with Gasteiger partial charge in [-0.05, 0) is 35.6 Å². The van der Waals surface area contributed by atoms with Gasteiger partial charge in [0.05, 0.1) is 5.69 Å². The number of benzene rings is 1. The largest absolute Gasteiger partial charge is 0.303 e. The molecule has 110 valence electrons. The Bertz CT molecular complexity index is 487. The molecule has 0 N–H and O–H groups in total. The lowest BCUT2D eigenvalue weighted by molar-refractivity contribution is 0.324. The quantitative estimate of drug-likeness (QED) is 0.735. The molecule has 5 nitrogen and oxygen atoms in total. The van der Waals surface area contributed by atoms with Crippen molar-refractivity contribution in [1.82, 2.24) is 25.1 Å². The number of hydrogen-bond donors (Lipinski definition) is 0. The zero-order valence-corrected chi connectivity index (χ0v) is 13.4. The molecule has 0 aliphatic rings. The molecule has 0 aliphatic heterocycles. The van der Waals surface area contributed by atoms with Crippen LogP contribution >= 0.6 is 24.2 Å². The third-order valence-electron chi connectivity index (χ3n) is 2.97. The maximum Gasteiger partial charge on any atom is 0.214 e. The first kappa shape index (κ1) is 16.9. The van der Waals surface area contributed by atoms with Gasteiger partial charge in [-0.3, -0.25) is 0 Å². The highest BCUT2D eigenvalue weighted by Gasteiger charge is 2.09. The summed E-state index contributed by atoms with van der Waals surface area (Å²) in [5.74, 6) is 0.995. The Kier molecular flexibility index (Phi) is 7.58.